The third-order valence-electron chi connectivity index (χ3n) is 3.91. The highest BCUT2D eigenvalue weighted by Gasteiger charge is 2.41. The van der Waals surface area contributed by atoms with E-state index in [4.69, 9.17) is 4.74 Å². The van der Waals surface area contributed by atoms with Gasteiger partial charge in [0.1, 0.15) is 0 Å². The second kappa shape index (κ2) is 7.33. The molecule has 2 heterocycles. The molecule has 0 amide bonds. The summed E-state index contributed by atoms with van der Waals surface area (Å²) in [5.41, 5.74) is 0. The van der Waals surface area contributed by atoms with Crippen molar-refractivity contribution in [2.45, 2.75) is 69.9 Å². The van der Waals surface area contributed by atoms with Crippen LogP contribution in [0.15, 0.2) is 4.99 Å². The molecule has 0 aromatic heterocycles. The molecule has 7 heteroatoms. The fourth-order valence-corrected chi connectivity index (χ4v) is 2.91. The van der Waals surface area contributed by atoms with Crippen LogP contribution in [0.3, 0.4) is 0 Å². The SMILES string of the molecule is CCNC(=NCCCCC(F)(F)F)NC1CC2CCC1O2. The Kier molecular flexibility index (Phi) is 5.72. The first-order valence-electron chi connectivity index (χ1n) is 7.75. The standard InChI is InChI=1S/C14H24F3N3O/c1-2-18-13(19-8-4-3-7-14(15,16)17)20-11-9-10-5-6-12(11)21-10/h10-12H,2-9H2,1H3,(H2,18,19,20). The van der Waals surface area contributed by atoms with Gasteiger partial charge in [0.15, 0.2) is 5.96 Å². The Labute approximate surface area is 123 Å². The number of hydrogen-bond acceptors (Lipinski definition) is 2. The Morgan fingerprint density at radius 3 is 2.67 bits per heavy atom. The topological polar surface area (TPSA) is 45.7 Å². The van der Waals surface area contributed by atoms with E-state index in [0.717, 1.165) is 25.8 Å². The van der Waals surface area contributed by atoms with Gasteiger partial charge in [-0.15, -0.1) is 0 Å². The van der Waals surface area contributed by atoms with E-state index in [1.165, 1.54) is 0 Å². The summed E-state index contributed by atoms with van der Waals surface area (Å²) in [6, 6.07) is 0.275. The lowest BCUT2D eigenvalue weighted by Gasteiger charge is -2.22. The molecule has 122 valence electrons. The zero-order valence-corrected chi connectivity index (χ0v) is 12.4. The fourth-order valence-electron chi connectivity index (χ4n) is 2.91. The molecular weight excluding hydrogens is 283 g/mol. The number of nitrogens with zero attached hydrogens (tertiary/aromatic N) is 1. The van der Waals surface area contributed by atoms with Crippen LogP contribution < -0.4 is 10.6 Å². The summed E-state index contributed by atoms with van der Waals surface area (Å²) in [7, 11) is 0. The third-order valence-corrected chi connectivity index (χ3v) is 3.91. The minimum atomic E-state index is -4.06. The second-order valence-electron chi connectivity index (χ2n) is 5.69. The third kappa shape index (κ3) is 5.37. The van der Waals surface area contributed by atoms with Gasteiger partial charge in [-0.3, -0.25) is 4.99 Å². The summed E-state index contributed by atoms with van der Waals surface area (Å²) < 4.78 is 41.9. The molecule has 4 nitrogen and oxygen atoms in total. The molecule has 3 atom stereocenters. The number of nitrogens with one attached hydrogen (secondary N) is 2. The summed E-state index contributed by atoms with van der Waals surface area (Å²) in [4.78, 5) is 4.35. The predicted octanol–water partition coefficient (Wildman–Crippen LogP) is 2.59. The van der Waals surface area contributed by atoms with Crippen LogP contribution in [0.2, 0.25) is 0 Å². The summed E-state index contributed by atoms with van der Waals surface area (Å²) in [6.45, 7) is 3.11. The van der Waals surface area contributed by atoms with E-state index in [9.17, 15) is 13.2 Å². The number of alkyl halides is 3. The van der Waals surface area contributed by atoms with E-state index in [-0.39, 0.29) is 18.6 Å². The van der Waals surface area contributed by atoms with E-state index in [0.29, 0.717) is 25.0 Å². The van der Waals surface area contributed by atoms with Crippen LogP contribution in [0.25, 0.3) is 0 Å². The van der Waals surface area contributed by atoms with Crippen LogP contribution in [0.1, 0.15) is 45.4 Å². The lowest BCUT2D eigenvalue weighted by Crippen LogP contribution is -2.47. The fraction of sp³-hybridized carbons (Fsp3) is 0.929. The van der Waals surface area contributed by atoms with Gasteiger partial charge < -0.3 is 15.4 Å². The van der Waals surface area contributed by atoms with Gasteiger partial charge in [-0.2, -0.15) is 13.2 Å². The van der Waals surface area contributed by atoms with Crippen molar-refractivity contribution in [3.8, 4) is 0 Å². The monoisotopic (exact) mass is 307 g/mol. The van der Waals surface area contributed by atoms with E-state index >= 15 is 0 Å². The van der Waals surface area contributed by atoms with Gasteiger partial charge in [0, 0.05) is 19.5 Å². The van der Waals surface area contributed by atoms with Gasteiger partial charge in [-0.25, -0.2) is 0 Å². The first-order chi connectivity index (χ1) is 9.98. The molecule has 2 bridgehead atoms. The molecule has 0 aromatic carbocycles. The summed E-state index contributed by atoms with van der Waals surface area (Å²) in [5, 5.41) is 6.48. The minimum Gasteiger partial charge on any atom is -0.373 e. The highest BCUT2D eigenvalue weighted by molar-refractivity contribution is 5.80. The molecule has 0 spiro atoms. The molecule has 3 unspecified atom stereocenters. The van der Waals surface area contributed by atoms with E-state index in [1.807, 2.05) is 6.92 Å². The van der Waals surface area contributed by atoms with Crippen LogP contribution in [-0.4, -0.2) is 43.5 Å². The Balaban J connectivity index is 1.72. The quantitative estimate of drug-likeness (QED) is 0.450. The molecular formula is C14H24F3N3O. The Morgan fingerprint density at radius 2 is 2.10 bits per heavy atom. The van der Waals surface area contributed by atoms with Crippen molar-refractivity contribution in [3.05, 3.63) is 0 Å². The lowest BCUT2D eigenvalue weighted by atomic mass is 9.96. The van der Waals surface area contributed by atoms with Gasteiger partial charge in [-0.05, 0) is 39.0 Å². The van der Waals surface area contributed by atoms with E-state index in [2.05, 4.69) is 15.6 Å². The van der Waals surface area contributed by atoms with Crippen molar-refractivity contribution in [2.24, 2.45) is 4.99 Å². The normalized spacial score (nSPS) is 29.0. The van der Waals surface area contributed by atoms with Crippen molar-refractivity contribution >= 4 is 5.96 Å². The van der Waals surface area contributed by atoms with Crippen LogP contribution in [0, 0.1) is 0 Å². The van der Waals surface area contributed by atoms with Crippen LogP contribution >= 0.6 is 0 Å². The number of hydrogen-bond donors (Lipinski definition) is 2. The average molecular weight is 307 g/mol. The first kappa shape index (κ1) is 16.4. The van der Waals surface area contributed by atoms with E-state index in [1.54, 1.807) is 0 Å². The number of unbranched alkanes of at least 4 members (excludes halogenated alkanes) is 1. The highest BCUT2D eigenvalue weighted by Crippen LogP contribution is 2.34. The molecule has 0 aromatic rings. The molecule has 21 heavy (non-hydrogen) atoms. The van der Waals surface area contributed by atoms with Gasteiger partial charge >= 0.3 is 6.18 Å². The second-order valence-corrected chi connectivity index (χ2v) is 5.69. The molecule has 2 N–H and O–H groups in total. The van der Waals surface area contributed by atoms with Gasteiger partial charge in [0.05, 0.1) is 18.2 Å². The molecule has 2 fully saturated rings. The first-order valence-corrected chi connectivity index (χ1v) is 7.75. The largest absolute Gasteiger partial charge is 0.389 e. The zero-order valence-electron chi connectivity index (χ0n) is 12.4. The zero-order chi connectivity index (χ0) is 15.3. The Bertz CT molecular complexity index is 360. The molecule has 2 aliphatic rings. The Hall–Kier alpha value is -0.980. The summed E-state index contributed by atoms with van der Waals surface area (Å²) in [5.74, 6) is 0.686. The highest BCUT2D eigenvalue weighted by atomic mass is 19.4. The van der Waals surface area contributed by atoms with Crippen molar-refractivity contribution in [1.82, 2.24) is 10.6 Å². The van der Waals surface area contributed by atoms with Gasteiger partial charge in [0.2, 0.25) is 0 Å². The number of ether oxygens (including phenoxy) is 1. The number of guanidine groups is 1. The van der Waals surface area contributed by atoms with Crippen LogP contribution in [0.5, 0.6) is 0 Å². The molecule has 2 saturated heterocycles. The van der Waals surface area contributed by atoms with Gasteiger partial charge in [-0.1, -0.05) is 0 Å². The average Bonchev–Trinajstić information content (AvgIpc) is 2.99. The number of aliphatic imine (C=N–C) groups is 1. The maximum absolute atomic E-state index is 12.0. The summed E-state index contributed by atoms with van der Waals surface area (Å²) in [6.07, 6.45) is -0.400. The molecule has 0 aliphatic carbocycles. The van der Waals surface area contributed by atoms with Gasteiger partial charge in [0.25, 0.3) is 0 Å². The smallest absolute Gasteiger partial charge is 0.373 e. The Morgan fingerprint density at radius 1 is 1.29 bits per heavy atom. The lowest BCUT2D eigenvalue weighted by molar-refractivity contribution is -0.135. The predicted molar refractivity (Wildman–Crippen MR) is 75.3 cm³/mol. The molecule has 2 rings (SSSR count). The van der Waals surface area contributed by atoms with Crippen LogP contribution in [0.4, 0.5) is 13.2 Å². The van der Waals surface area contributed by atoms with Crippen LogP contribution in [-0.2, 0) is 4.74 Å². The van der Waals surface area contributed by atoms with Crippen molar-refractivity contribution < 1.29 is 17.9 Å². The molecule has 0 saturated carbocycles. The number of halogens is 3. The number of fused-ring (bicyclic) bond motifs is 2. The maximum atomic E-state index is 12.0. The minimum absolute atomic E-state index is 0.129. The van der Waals surface area contributed by atoms with Crippen molar-refractivity contribution in [3.63, 3.8) is 0 Å². The molecule has 2 aliphatic heterocycles. The van der Waals surface area contributed by atoms with E-state index < -0.39 is 12.6 Å². The number of rotatable bonds is 6. The molecule has 0 radical (unpaired) electrons. The van der Waals surface area contributed by atoms with Crippen molar-refractivity contribution in [1.29, 1.82) is 0 Å². The maximum Gasteiger partial charge on any atom is 0.389 e. The summed E-state index contributed by atoms with van der Waals surface area (Å²) >= 11 is 0. The van der Waals surface area contributed by atoms with Crippen molar-refractivity contribution in [2.75, 3.05) is 13.1 Å².